The largest absolute Gasteiger partial charge is 0.502 e. The monoisotopic (exact) mass is 500 g/mol. The van der Waals surface area contributed by atoms with Crippen LogP contribution in [-0.4, -0.2) is 20.9 Å². The molecule has 4 rings (SSSR count). The highest BCUT2D eigenvalue weighted by molar-refractivity contribution is 5.88. The molecule has 0 saturated heterocycles. The number of aromatic carboxylic acids is 1. The fraction of sp³-hybridized carbons (Fsp3) is 0.182. The first-order valence-electron chi connectivity index (χ1n) is 9.76. The molecular weight excluding hydrogens is 486 g/mol. The topological polar surface area (TPSA) is 101 Å². The van der Waals surface area contributed by atoms with E-state index in [0.717, 1.165) is 47.3 Å². The minimum absolute atomic E-state index is 0.0239. The number of nitrogens with one attached hydrogen (secondary N) is 1. The van der Waals surface area contributed by atoms with E-state index in [2.05, 4.69) is 5.43 Å². The number of alkyl halides is 6. The molecule has 3 N–H and O–H groups in total. The summed E-state index contributed by atoms with van der Waals surface area (Å²) in [6, 6.07) is 4.72. The summed E-state index contributed by atoms with van der Waals surface area (Å²) in [6.07, 6.45) is -8.47. The lowest BCUT2D eigenvalue weighted by Gasteiger charge is -2.25. The molecule has 0 radical (unpaired) electrons. The van der Waals surface area contributed by atoms with Crippen LogP contribution >= 0.6 is 0 Å². The molecule has 0 amide bonds. The summed E-state index contributed by atoms with van der Waals surface area (Å²) < 4.78 is 85.7. The normalized spacial score (nSPS) is 15.4. The third-order valence-electron chi connectivity index (χ3n) is 5.36. The van der Waals surface area contributed by atoms with Gasteiger partial charge in [-0.05, 0) is 35.4 Å². The van der Waals surface area contributed by atoms with E-state index in [1.54, 1.807) is 0 Å². The van der Waals surface area contributed by atoms with Gasteiger partial charge in [0.2, 0.25) is 5.43 Å². The van der Waals surface area contributed by atoms with Gasteiger partial charge in [0.15, 0.2) is 11.4 Å². The zero-order valence-corrected chi connectivity index (χ0v) is 17.2. The number of fused-ring (bicyclic) bond motifs is 2. The number of rotatable bonds is 3. The Hall–Kier alpha value is -4.16. The fourth-order valence-corrected chi connectivity index (χ4v) is 3.70. The number of carboxylic acids is 1. The third-order valence-corrected chi connectivity index (χ3v) is 5.36. The number of benzene rings is 2. The van der Waals surface area contributed by atoms with Crippen molar-refractivity contribution in [1.82, 2.24) is 4.68 Å². The van der Waals surface area contributed by atoms with Crippen molar-refractivity contribution < 1.29 is 46.1 Å². The van der Waals surface area contributed by atoms with Crippen LogP contribution in [0.15, 0.2) is 53.5 Å². The second-order valence-corrected chi connectivity index (χ2v) is 7.56. The van der Waals surface area contributed by atoms with Crippen molar-refractivity contribution in [2.24, 2.45) is 0 Å². The van der Waals surface area contributed by atoms with E-state index in [9.17, 15) is 46.1 Å². The van der Waals surface area contributed by atoms with Gasteiger partial charge in [-0.1, -0.05) is 12.1 Å². The molecule has 2 aromatic carbocycles. The number of hydrogen-bond donors (Lipinski definition) is 3. The smallest absolute Gasteiger partial charge is 0.416 e. The lowest BCUT2D eigenvalue weighted by molar-refractivity contribution is -0.138. The van der Waals surface area contributed by atoms with E-state index in [4.69, 9.17) is 4.74 Å². The van der Waals surface area contributed by atoms with Gasteiger partial charge in [0, 0.05) is 17.8 Å². The van der Waals surface area contributed by atoms with E-state index >= 15 is 0 Å². The minimum atomic E-state index is -4.73. The first-order valence-corrected chi connectivity index (χ1v) is 9.76. The Kier molecular flexibility index (Phi) is 5.65. The van der Waals surface area contributed by atoms with Gasteiger partial charge in [-0.15, -0.1) is 0 Å². The Labute approximate surface area is 191 Å². The Morgan fingerprint density at radius 1 is 0.971 bits per heavy atom. The molecule has 1 unspecified atom stereocenters. The molecule has 0 fully saturated rings. The van der Waals surface area contributed by atoms with Crippen molar-refractivity contribution in [2.45, 2.75) is 25.0 Å². The van der Waals surface area contributed by atoms with Crippen LogP contribution in [-0.2, 0) is 19.0 Å². The summed E-state index contributed by atoms with van der Waals surface area (Å²) in [4.78, 5) is 23.4. The summed E-state index contributed by atoms with van der Waals surface area (Å²) in [5.74, 6) is -3.13. The van der Waals surface area contributed by atoms with Crippen molar-refractivity contribution in [3.05, 3.63) is 92.4 Å². The summed E-state index contributed by atoms with van der Waals surface area (Å²) in [5.41, 5.74) is -1.15. The van der Waals surface area contributed by atoms with Crippen LogP contribution in [0.3, 0.4) is 0 Å². The summed E-state index contributed by atoms with van der Waals surface area (Å²) in [7, 11) is 0. The van der Waals surface area contributed by atoms with E-state index in [1.165, 1.54) is 0 Å². The number of ether oxygens (including phenoxy) is 1. The van der Waals surface area contributed by atoms with Crippen molar-refractivity contribution in [1.29, 1.82) is 0 Å². The number of carbonyl (C=O) groups is 1. The molecule has 3 aromatic rings. The van der Waals surface area contributed by atoms with Gasteiger partial charge >= 0.3 is 18.3 Å². The van der Waals surface area contributed by atoms with E-state index in [1.807, 2.05) is 0 Å². The van der Waals surface area contributed by atoms with Crippen LogP contribution < -0.4 is 15.6 Å². The average molecular weight is 500 g/mol. The predicted octanol–water partition coefficient (Wildman–Crippen LogP) is 4.52. The molecule has 0 spiro atoms. The van der Waals surface area contributed by atoms with Crippen LogP contribution in [0.5, 0.6) is 11.5 Å². The first kappa shape index (κ1) is 24.0. The Morgan fingerprint density at radius 2 is 1.57 bits per heavy atom. The van der Waals surface area contributed by atoms with Gasteiger partial charge in [-0.2, -0.15) is 26.3 Å². The van der Waals surface area contributed by atoms with E-state index in [-0.39, 0.29) is 22.4 Å². The molecular formula is C22H14F6N2O5. The van der Waals surface area contributed by atoms with E-state index in [0.29, 0.717) is 6.07 Å². The molecule has 35 heavy (non-hydrogen) atoms. The highest BCUT2D eigenvalue weighted by atomic mass is 19.4. The number of nitrogens with zero attached hydrogens (tertiary/aromatic N) is 1. The van der Waals surface area contributed by atoms with Crippen LogP contribution in [0.4, 0.5) is 26.3 Å². The number of aromatic nitrogens is 1. The Bertz CT molecular complexity index is 1310. The maximum atomic E-state index is 13.3. The number of carboxylic acid groups (broad SMARTS) is 1. The molecule has 1 aliphatic heterocycles. The molecule has 1 aliphatic rings. The van der Waals surface area contributed by atoms with Crippen LogP contribution in [0.1, 0.15) is 44.3 Å². The van der Waals surface area contributed by atoms with Gasteiger partial charge in [0.05, 0.1) is 17.2 Å². The van der Waals surface area contributed by atoms with E-state index < -0.39 is 59.0 Å². The lowest BCUT2D eigenvalue weighted by Crippen LogP contribution is -2.28. The van der Waals surface area contributed by atoms with Crippen LogP contribution in [0.2, 0.25) is 0 Å². The number of hydrogen-bond acceptors (Lipinski definition) is 5. The molecule has 13 heteroatoms. The molecule has 0 bridgehead atoms. The van der Waals surface area contributed by atoms with Gasteiger partial charge in [-0.3, -0.25) is 9.47 Å². The minimum Gasteiger partial charge on any atom is -0.502 e. The van der Waals surface area contributed by atoms with Crippen molar-refractivity contribution in [2.75, 3.05) is 5.43 Å². The second kappa shape index (κ2) is 8.25. The fourth-order valence-electron chi connectivity index (χ4n) is 3.70. The zero-order valence-electron chi connectivity index (χ0n) is 17.2. The van der Waals surface area contributed by atoms with Crippen molar-refractivity contribution in [3.8, 4) is 11.5 Å². The summed E-state index contributed by atoms with van der Waals surface area (Å²) >= 11 is 0. The van der Waals surface area contributed by atoms with Crippen LogP contribution in [0, 0.1) is 0 Å². The maximum Gasteiger partial charge on any atom is 0.416 e. The molecule has 0 aliphatic carbocycles. The van der Waals surface area contributed by atoms with Gasteiger partial charge < -0.3 is 20.4 Å². The molecule has 0 saturated carbocycles. The molecule has 1 aromatic heterocycles. The highest BCUT2D eigenvalue weighted by Crippen LogP contribution is 2.42. The highest BCUT2D eigenvalue weighted by Gasteiger charge is 2.36. The SMILES string of the molecule is O=C(O)c1c(O)c(=O)ccn1NC1c2ccc(C(F)(F)F)cc2COc2cc(C(F)(F)F)ccc21. The third kappa shape index (κ3) is 4.48. The maximum absolute atomic E-state index is 13.3. The lowest BCUT2D eigenvalue weighted by atomic mass is 9.93. The van der Waals surface area contributed by atoms with Gasteiger partial charge in [0.25, 0.3) is 0 Å². The average Bonchev–Trinajstić information content (AvgIpc) is 2.91. The number of halogens is 6. The Balaban J connectivity index is 1.92. The molecule has 7 nitrogen and oxygen atoms in total. The zero-order chi connectivity index (χ0) is 25.7. The molecule has 184 valence electrons. The second-order valence-electron chi connectivity index (χ2n) is 7.56. The number of aromatic hydroxyl groups is 1. The number of pyridine rings is 1. The van der Waals surface area contributed by atoms with Crippen LogP contribution in [0.25, 0.3) is 0 Å². The van der Waals surface area contributed by atoms with Crippen molar-refractivity contribution in [3.63, 3.8) is 0 Å². The standard InChI is InChI=1S/C22H14F6N2O5/c23-21(24,25)11-1-3-13-10(7-11)9-35-16-8-12(22(26,27)28)2-4-14(16)17(13)29-30-6-5-15(31)19(32)18(30)20(33)34/h1-8,17,29,32H,9H2,(H,33,34). The first-order chi connectivity index (χ1) is 16.3. The van der Waals surface area contributed by atoms with Gasteiger partial charge in [-0.25, -0.2) is 4.79 Å². The quantitative estimate of drug-likeness (QED) is 0.458. The van der Waals surface area contributed by atoms with Gasteiger partial charge in [0.1, 0.15) is 12.4 Å². The summed E-state index contributed by atoms with van der Waals surface area (Å²) in [5, 5.41) is 19.4. The van der Waals surface area contributed by atoms with Crippen molar-refractivity contribution >= 4 is 5.97 Å². The Morgan fingerprint density at radius 3 is 2.17 bits per heavy atom. The molecule has 2 heterocycles. The predicted molar refractivity (Wildman–Crippen MR) is 108 cm³/mol. The molecule has 1 atom stereocenters. The summed E-state index contributed by atoms with van der Waals surface area (Å²) in [6.45, 7) is -0.507.